The number of carbonyl (C=O) groups excluding carboxylic acids is 1. The Morgan fingerprint density at radius 2 is 1.59 bits per heavy atom. The Morgan fingerprint density at radius 1 is 0.882 bits per heavy atom. The fourth-order valence-electron chi connectivity index (χ4n) is 2.06. The summed E-state index contributed by atoms with van der Waals surface area (Å²) in [5.74, 6) is 0.0597. The molecule has 0 amide bonds. The summed E-state index contributed by atoms with van der Waals surface area (Å²) in [6.45, 7) is 0. The van der Waals surface area contributed by atoms with Gasteiger partial charge in [-0.05, 0) is 17.7 Å². The Balaban J connectivity index is 2.00. The molecule has 0 saturated heterocycles. The van der Waals surface area contributed by atoms with Crippen molar-refractivity contribution in [3.8, 4) is 0 Å². The van der Waals surface area contributed by atoms with Gasteiger partial charge in [-0.1, -0.05) is 42.5 Å². The third kappa shape index (κ3) is 1.78. The van der Waals surface area contributed by atoms with E-state index in [1.807, 2.05) is 54.6 Å². The van der Waals surface area contributed by atoms with Crippen LogP contribution in [0.1, 0.15) is 15.9 Å². The number of carbonyl (C=O) groups is 1. The highest BCUT2D eigenvalue weighted by Crippen LogP contribution is 2.22. The van der Waals surface area contributed by atoms with Gasteiger partial charge in [-0.25, -0.2) is 4.99 Å². The average Bonchev–Trinajstić information content (AvgIpc) is 2.68. The van der Waals surface area contributed by atoms with Crippen molar-refractivity contribution >= 4 is 17.2 Å². The van der Waals surface area contributed by atoms with Crippen LogP contribution in [0.3, 0.4) is 0 Å². The summed E-state index contributed by atoms with van der Waals surface area (Å²) in [7, 11) is 0. The molecule has 0 heterocycles. The number of Topliss-reactive ketones (excluding diaryl/α,β-unsaturated/α-hetero) is 1. The Morgan fingerprint density at radius 3 is 2.35 bits per heavy atom. The third-order valence-corrected chi connectivity index (χ3v) is 2.90. The molecule has 2 aromatic carbocycles. The van der Waals surface area contributed by atoms with Gasteiger partial charge in [0.25, 0.3) is 0 Å². The monoisotopic (exact) mass is 221 g/mol. The predicted molar refractivity (Wildman–Crippen MR) is 68.0 cm³/mol. The van der Waals surface area contributed by atoms with Crippen LogP contribution in [0.15, 0.2) is 59.6 Å². The van der Waals surface area contributed by atoms with Gasteiger partial charge in [0.1, 0.15) is 0 Å². The minimum atomic E-state index is 0.0597. The smallest absolute Gasteiger partial charge is 0.207 e. The molecule has 3 rings (SSSR count). The highest BCUT2D eigenvalue weighted by atomic mass is 16.1. The van der Waals surface area contributed by atoms with Gasteiger partial charge in [0, 0.05) is 12.0 Å². The fourth-order valence-corrected chi connectivity index (χ4v) is 2.06. The summed E-state index contributed by atoms with van der Waals surface area (Å²) in [5.41, 5.74) is 3.34. The predicted octanol–water partition coefficient (Wildman–Crippen LogP) is 3.20. The summed E-state index contributed by atoms with van der Waals surface area (Å²) < 4.78 is 0. The van der Waals surface area contributed by atoms with E-state index in [2.05, 4.69) is 4.99 Å². The van der Waals surface area contributed by atoms with Crippen molar-refractivity contribution in [1.82, 2.24) is 0 Å². The molecule has 2 heteroatoms. The molecule has 0 N–H and O–H groups in total. The molecule has 0 fully saturated rings. The molecule has 82 valence electrons. The molecular weight excluding hydrogens is 210 g/mol. The van der Waals surface area contributed by atoms with Gasteiger partial charge in [0.15, 0.2) is 0 Å². The van der Waals surface area contributed by atoms with Gasteiger partial charge < -0.3 is 0 Å². The molecule has 0 unspecified atom stereocenters. The topological polar surface area (TPSA) is 29.4 Å². The molecule has 1 aliphatic rings. The van der Waals surface area contributed by atoms with Crippen LogP contribution in [0, 0.1) is 0 Å². The number of hydrogen-bond acceptors (Lipinski definition) is 2. The second-order valence-electron chi connectivity index (χ2n) is 4.06. The number of fused-ring (bicyclic) bond motifs is 1. The number of rotatable bonds is 1. The van der Waals surface area contributed by atoms with E-state index in [0.29, 0.717) is 12.1 Å². The number of benzene rings is 2. The van der Waals surface area contributed by atoms with Crippen LogP contribution in [-0.4, -0.2) is 11.5 Å². The first kappa shape index (κ1) is 9.97. The molecule has 0 bridgehead atoms. The van der Waals surface area contributed by atoms with Gasteiger partial charge in [-0.2, -0.15) is 0 Å². The molecule has 1 aliphatic carbocycles. The molecule has 17 heavy (non-hydrogen) atoms. The van der Waals surface area contributed by atoms with Crippen LogP contribution in [0.2, 0.25) is 0 Å². The Labute approximate surface area is 99.6 Å². The largest absolute Gasteiger partial charge is 0.287 e. The molecule has 0 aliphatic heterocycles. The minimum absolute atomic E-state index is 0.0597. The highest BCUT2D eigenvalue weighted by Gasteiger charge is 2.25. The molecule has 2 aromatic rings. The number of para-hydroxylation sites is 1. The van der Waals surface area contributed by atoms with E-state index in [1.54, 1.807) is 0 Å². The lowest BCUT2D eigenvalue weighted by molar-refractivity contribution is 0.106. The summed E-state index contributed by atoms with van der Waals surface area (Å²) in [6, 6.07) is 17.3. The molecule has 0 saturated carbocycles. The first-order chi connectivity index (χ1) is 8.34. The van der Waals surface area contributed by atoms with Crippen molar-refractivity contribution < 1.29 is 4.79 Å². The van der Waals surface area contributed by atoms with E-state index in [-0.39, 0.29) is 5.78 Å². The third-order valence-electron chi connectivity index (χ3n) is 2.90. The zero-order chi connectivity index (χ0) is 11.7. The van der Waals surface area contributed by atoms with E-state index in [0.717, 1.165) is 16.8 Å². The van der Waals surface area contributed by atoms with Crippen molar-refractivity contribution in [2.24, 2.45) is 4.99 Å². The van der Waals surface area contributed by atoms with Crippen molar-refractivity contribution in [2.75, 3.05) is 0 Å². The quantitative estimate of drug-likeness (QED) is 0.727. The van der Waals surface area contributed by atoms with Gasteiger partial charge in [-0.3, -0.25) is 4.79 Å². The van der Waals surface area contributed by atoms with Gasteiger partial charge in [0.05, 0.1) is 11.4 Å². The average molecular weight is 221 g/mol. The minimum Gasteiger partial charge on any atom is -0.287 e. The first-order valence-electron chi connectivity index (χ1n) is 5.60. The van der Waals surface area contributed by atoms with Crippen LogP contribution in [0.5, 0.6) is 0 Å². The molecule has 0 radical (unpaired) electrons. The lowest BCUT2D eigenvalue weighted by atomic mass is 10.1. The van der Waals surface area contributed by atoms with Crippen LogP contribution >= 0.6 is 0 Å². The van der Waals surface area contributed by atoms with Crippen LogP contribution in [-0.2, 0) is 6.42 Å². The van der Waals surface area contributed by atoms with Crippen molar-refractivity contribution in [3.05, 3.63) is 65.7 Å². The maximum Gasteiger partial charge on any atom is 0.207 e. The van der Waals surface area contributed by atoms with E-state index in [9.17, 15) is 4.79 Å². The molecule has 2 nitrogen and oxygen atoms in total. The number of aliphatic imine (C=N–C) groups is 1. The first-order valence-corrected chi connectivity index (χ1v) is 5.60. The number of ketones is 1. The summed E-state index contributed by atoms with van der Waals surface area (Å²) in [4.78, 5) is 16.5. The lowest BCUT2D eigenvalue weighted by Gasteiger charge is -1.95. The van der Waals surface area contributed by atoms with Gasteiger partial charge in [-0.15, -0.1) is 0 Å². The lowest BCUT2D eigenvalue weighted by Crippen LogP contribution is -2.06. The van der Waals surface area contributed by atoms with Gasteiger partial charge in [0.2, 0.25) is 5.78 Å². The van der Waals surface area contributed by atoms with Crippen molar-refractivity contribution in [1.29, 1.82) is 0 Å². The molecule has 0 spiro atoms. The fraction of sp³-hybridized carbons (Fsp3) is 0.0667. The summed E-state index contributed by atoms with van der Waals surface area (Å²) in [6.07, 6.45) is 0.643. The zero-order valence-electron chi connectivity index (χ0n) is 9.26. The van der Waals surface area contributed by atoms with E-state index in [1.165, 1.54) is 0 Å². The maximum atomic E-state index is 12.1. The zero-order valence-corrected chi connectivity index (χ0v) is 9.26. The summed E-state index contributed by atoms with van der Waals surface area (Å²) in [5, 5.41) is 0. The summed E-state index contributed by atoms with van der Waals surface area (Å²) >= 11 is 0. The van der Waals surface area contributed by atoms with Crippen LogP contribution in [0.4, 0.5) is 5.69 Å². The molecular formula is C15H11NO. The molecule has 0 aromatic heterocycles. The normalized spacial score (nSPS) is 16.2. The number of hydrogen-bond donors (Lipinski definition) is 0. The Hall–Kier alpha value is -2.22. The van der Waals surface area contributed by atoms with E-state index >= 15 is 0 Å². The maximum absolute atomic E-state index is 12.1. The van der Waals surface area contributed by atoms with Gasteiger partial charge >= 0.3 is 0 Å². The van der Waals surface area contributed by atoms with E-state index < -0.39 is 0 Å². The second-order valence-corrected chi connectivity index (χ2v) is 4.06. The van der Waals surface area contributed by atoms with Crippen molar-refractivity contribution in [2.45, 2.75) is 6.42 Å². The Kier molecular flexibility index (Phi) is 2.33. The Bertz CT molecular complexity index is 599. The van der Waals surface area contributed by atoms with E-state index in [4.69, 9.17) is 0 Å². The second kappa shape index (κ2) is 3.98. The number of nitrogens with zero attached hydrogens (tertiary/aromatic N) is 1. The van der Waals surface area contributed by atoms with Crippen molar-refractivity contribution in [3.63, 3.8) is 0 Å². The van der Waals surface area contributed by atoms with Crippen LogP contribution < -0.4 is 0 Å². The highest BCUT2D eigenvalue weighted by molar-refractivity contribution is 6.49. The standard InChI is InChI=1S/C15H11NO/c17-15-13-9-5-4-6-11(13)10-14(15)16-12-7-2-1-3-8-12/h1-9H,10H2. The van der Waals surface area contributed by atoms with Crippen LogP contribution in [0.25, 0.3) is 0 Å². The molecule has 0 atom stereocenters. The SMILES string of the molecule is O=C1C(=Nc2ccccc2)Cc2ccccc21.